The highest BCUT2D eigenvalue weighted by Crippen LogP contribution is 2.21. The van der Waals surface area contributed by atoms with Crippen molar-refractivity contribution in [3.05, 3.63) is 64.1 Å². The number of benzene rings is 2. The smallest absolute Gasteiger partial charge is 0.260 e. The fourth-order valence-electron chi connectivity index (χ4n) is 2.98. The predicted molar refractivity (Wildman–Crippen MR) is 105 cm³/mol. The second-order valence-corrected chi connectivity index (χ2v) is 7.15. The molecule has 2 aromatic carbocycles. The summed E-state index contributed by atoms with van der Waals surface area (Å²) in [5.41, 5.74) is 1.10. The Hall–Kier alpha value is -1.75. The van der Waals surface area contributed by atoms with Crippen molar-refractivity contribution in [3.63, 3.8) is 0 Å². The van der Waals surface area contributed by atoms with Crippen molar-refractivity contribution in [2.24, 2.45) is 0 Å². The first-order valence-electron chi connectivity index (χ1n) is 8.74. The van der Waals surface area contributed by atoms with Crippen LogP contribution in [0.4, 0.5) is 0 Å². The summed E-state index contributed by atoms with van der Waals surface area (Å²) < 4.78 is 5.55. The van der Waals surface area contributed by atoms with E-state index >= 15 is 0 Å². The van der Waals surface area contributed by atoms with Gasteiger partial charge in [-0.2, -0.15) is 0 Å². The van der Waals surface area contributed by atoms with E-state index in [-0.39, 0.29) is 12.5 Å². The number of ether oxygens (including phenoxy) is 1. The molecule has 0 atom stereocenters. The van der Waals surface area contributed by atoms with E-state index in [4.69, 9.17) is 27.9 Å². The fourth-order valence-corrected chi connectivity index (χ4v) is 3.48. The number of rotatable bonds is 6. The summed E-state index contributed by atoms with van der Waals surface area (Å²) in [6, 6.07) is 15.0. The Morgan fingerprint density at radius 2 is 1.73 bits per heavy atom. The second-order valence-electron chi connectivity index (χ2n) is 6.31. The molecule has 1 aliphatic rings. The molecule has 2 aromatic rings. The lowest BCUT2D eigenvalue weighted by Crippen LogP contribution is -2.50. The summed E-state index contributed by atoms with van der Waals surface area (Å²) in [5.74, 6) is 0.758. The molecule has 138 valence electrons. The SMILES string of the molecule is O=C(COc1ccccc1)N1CCN(CCc2ccc(Cl)cc2Cl)CC1. The largest absolute Gasteiger partial charge is 0.484 e. The molecule has 0 spiro atoms. The van der Waals surface area contributed by atoms with Crippen LogP contribution in [0.15, 0.2) is 48.5 Å². The Morgan fingerprint density at radius 1 is 1.00 bits per heavy atom. The van der Waals surface area contributed by atoms with E-state index in [1.165, 1.54) is 0 Å². The minimum absolute atomic E-state index is 0.0363. The number of carbonyl (C=O) groups is 1. The number of hydrogen-bond acceptors (Lipinski definition) is 3. The molecule has 4 nitrogen and oxygen atoms in total. The summed E-state index contributed by atoms with van der Waals surface area (Å²) in [7, 11) is 0. The quantitative estimate of drug-likeness (QED) is 0.749. The van der Waals surface area contributed by atoms with Gasteiger partial charge in [0, 0.05) is 42.8 Å². The van der Waals surface area contributed by atoms with Gasteiger partial charge in [0.2, 0.25) is 0 Å². The molecule has 26 heavy (non-hydrogen) atoms. The molecule has 0 aliphatic carbocycles. The third-order valence-corrected chi connectivity index (χ3v) is 5.13. The van der Waals surface area contributed by atoms with E-state index in [0.717, 1.165) is 50.5 Å². The molecular weight excluding hydrogens is 371 g/mol. The first-order chi connectivity index (χ1) is 12.6. The monoisotopic (exact) mass is 392 g/mol. The molecule has 1 fully saturated rings. The van der Waals surface area contributed by atoms with E-state index in [1.54, 1.807) is 6.07 Å². The van der Waals surface area contributed by atoms with Crippen LogP contribution in [0.5, 0.6) is 5.75 Å². The molecule has 3 rings (SSSR count). The predicted octanol–water partition coefficient (Wildman–Crippen LogP) is 3.76. The standard InChI is InChI=1S/C20H22Cl2N2O2/c21-17-7-6-16(19(22)14-17)8-9-23-10-12-24(13-11-23)20(25)15-26-18-4-2-1-3-5-18/h1-7,14H,8-13,15H2. The van der Waals surface area contributed by atoms with Crippen LogP contribution in [-0.4, -0.2) is 55.0 Å². The van der Waals surface area contributed by atoms with Gasteiger partial charge in [0.25, 0.3) is 5.91 Å². The van der Waals surface area contributed by atoms with Gasteiger partial charge < -0.3 is 9.64 Å². The van der Waals surface area contributed by atoms with Gasteiger partial charge in [0.05, 0.1) is 0 Å². The van der Waals surface area contributed by atoms with Gasteiger partial charge in [0.15, 0.2) is 6.61 Å². The van der Waals surface area contributed by atoms with E-state index in [1.807, 2.05) is 47.4 Å². The van der Waals surface area contributed by atoms with E-state index in [2.05, 4.69) is 4.90 Å². The molecule has 0 aromatic heterocycles. The van der Waals surface area contributed by atoms with Crippen molar-refractivity contribution in [2.45, 2.75) is 6.42 Å². The molecule has 0 bridgehead atoms. The van der Waals surface area contributed by atoms with Gasteiger partial charge in [-0.25, -0.2) is 0 Å². The van der Waals surface area contributed by atoms with Gasteiger partial charge >= 0.3 is 0 Å². The number of para-hydroxylation sites is 1. The van der Waals surface area contributed by atoms with Crippen LogP contribution in [0.3, 0.4) is 0 Å². The lowest BCUT2D eigenvalue weighted by molar-refractivity contribution is -0.135. The average Bonchev–Trinajstić information content (AvgIpc) is 2.67. The Morgan fingerprint density at radius 3 is 2.42 bits per heavy atom. The molecule has 1 aliphatic heterocycles. The van der Waals surface area contributed by atoms with E-state index in [9.17, 15) is 4.79 Å². The topological polar surface area (TPSA) is 32.8 Å². The summed E-state index contributed by atoms with van der Waals surface area (Å²) in [6.45, 7) is 4.19. The highest BCUT2D eigenvalue weighted by atomic mass is 35.5. The lowest BCUT2D eigenvalue weighted by Gasteiger charge is -2.34. The molecule has 6 heteroatoms. The maximum Gasteiger partial charge on any atom is 0.260 e. The maximum atomic E-state index is 12.3. The van der Waals surface area contributed by atoms with Crippen molar-refractivity contribution in [2.75, 3.05) is 39.3 Å². The minimum Gasteiger partial charge on any atom is -0.484 e. The average molecular weight is 393 g/mol. The first-order valence-corrected chi connectivity index (χ1v) is 9.49. The first kappa shape index (κ1) is 19.0. The Labute approximate surface area is 164 Å². The molecule has 0 radical (unpaired) electrons. The summed E-state index contributed by atoms with van der Waals surface area (Å²) >= 11 is 12.2. The fraction of sp³-hybridized carbons (Fsp3) is 0.350. The van der Waals surface area contributed by atoms with Crippen molar-refractivity contribution >= 4 is 29.1 Å². The molecule has 1 heterocycles. The molecule has 0 N–H and O–H groups in total. The van der Waals surface area contributed by atoms with Gasteiger partial charge in [-0.15, -0.1) is 0 Å². The summed E-state index contributed by atoms with van der Waals surface area (Å²) in [4.78, 5) is 16.5. The van der Waals surface area contributed by atoms with Gasteiger partial charge in [0.1, 0.15) is 5.75 Å². The van der Waals surface area contributed by atoms with E-state index in [0.29, 0.717) is 10.0 Å². The van der Waals surface area contributed by atoms with Crippen LogP contribution in [0.2, 0.25) is 10.0 Å². The Kier molecular flexibility index (Phi) is 6.78. The summed E-state index contributed by atoms with van der Waals surface area (Å²) in [5, 5.41) is 1.37. The number of amides is 1. The normalized spacial score (nSPS) is 15.1. The molecule has 1 saturated heterocycles. The highest BCUT2D eigenvalue weighted by molar-refractivity contribution is 6.35. The van der Waals surface area contributed by atoms with Gasteiger partial charge in [-0.3, -0.25) is 9.69 Å². The van der Waals surface area contributed by atoms with Gasteiger partial charge in [-0.05, 0) is 36.2 Å². The Bertz CT molecular complexity index is 732. The number of nitrogens with zero attached hydrogens (tertiary/aromatic N) is 2. The minimum atomic E-state index is 0.0363. The highest BCUT2D eigenvalue weighted by Gasteiger charge is 2.21. The molecule has 1 amide bonds. The number of hydrogen-bond donors (Lipinski definition) is 0. The maximum absolute atomic E-state index is 12.3. The van der Waals surface area contributed by atoms with Crippen LogP contribution in [0.25, 0.3) is 0 Å². The van der Waals surface area contributed by atoms with Crippen LogP contribution in [0.1, 0.15) is 5.56 Å². The van der Waals surface area contributed by atoms with Gasteiger partial charge in [-0.1, -0.05) is 47.5 Å². The van der Waals surface area contributed by atoms with Crippen molar-refractivity contribution < 1.29 is 9.53 Å². The molecule has 0 unspecified atom stereocenters. The van der Waals surface area contributed by atoms with Crippen molar-refractivity contribution in [3.8, 4) is 5.75 Å². The van der Waals surface area contributed by atoms with Crippen LogP contribution in [-0.2, 0) is 11.2 Å². The Balaban J connectivity index is 1.40. The third kappa shape index (κ3) is 5.37. The number of halogens is 2. The zero-order valence-electron chi connectivity index (χ0n) is 14.5. The number of piperazine rings is 1. The lowest BCUT2D eigenvalue weighted by atomic mass is 10.1. The van der Waals surface area contributed by atoms with Crippen LogP contribution < -0.4 is 4.74 Å². The van der Waals surface area contributed by atoms with Crippen LogP contribution >= 0.6 is 23.2 Å². The van der Waals surface area contributed by atoms with Crippen molar-refractivity contribution in [1.29, 1.82) is 0 Å². The molecule has 0 saturated carbocycles. The third-order valence-electron chi connectivity index (χ3n) is 4.54. The zero-order chi connectivity index (χ0) is 18.4. The van der Waals surface area contributed by atoms with Crippen LogP contribution in [0, 0.1) is 0 Å². The van der Waals surface area contributed by atoms with Crippen molar-refractivity contribution in [1.82, 2.24) is 9.80 Å². The second kappa shape index (κ2) is 9.26. The molecular formula is C20H22Cl2N2O2. The van der Waals surface area contributed by atoms with E-state index < -0.39 is 0 Å². The number of carbonyl (C=O) groups excluding carboxylic acids is 1. The summed E-state index contributed by atoms with van der Waals surface area (Å²) in [6.07, 6.45) is 0.876. The zero-order valence-corrected chi connectivity index (χ0v) is 16.0.